The summed E-state index contributed by atoms with van der Waals surface area (Å²) in [5, 5.41) is 4.58. The highest BCUT2D eigenvalue weighted by Gasteiger charge is 2.22. The zero-order chi connectivity index (χ0) is 22.7. The molecule has 0 aliphatic heterocycles. The molecular weight excluding hydrogens is 406 g/mol. The summed E-state index contributed by atoms with van der Waals surface area (Å²) in [6, 6.07) is 16.8. The molecule has 0 saturated carbocycles. The predicted molar refractivity (Wildman–Crippen MR) is 121 cm³/mol. The van der Waals surface area contributed by atoms with Gasteiger partial charge in [0.25, 0.3) is 5.78 Å². The molecule has 32 heavy (non-hydrogen) atoms. The Hall–Kier alpha value is -3.94. The molecule has 0 bridgehead atoms. The molecule has 0 radical (unpaired) electrons. The molecule has 0 saturated heterocycles. The Balaban J connectivity index is 1.69. The number of amides is 1. The molecule has 2 aromatic carbocycles. The molecule has 8 heteroatoms. The molecule has 0 spiro atoms. The quantitative estimate of drug-likeness (QED) is 0.445. The SMILES string of the molecule is COc1ccc(CC(=O)N(Cc2nc3nc(C)cc(C)n3n2)c2ccccc2OC)cc1. The fourth-order valence-electron chi connectivity index (χ4n) is 3.59. The molecule has 164 valence electrons. The number of carbonyl (C=O) groups excluding carboxylic acids is 1. The molecule has 1 amide bonds. The van der Waals surface area contributed by atoms with Crippen LogP contribution >= 0.6 is 0 Å². The smallest absolute Gasteiger partial charge is 0.252 e. The van der Waals surface area contributed by atoms with Crippen LogP contribution in [0.2, 0.25) is 0 Å². The lowest BCUT2D eigenvalue weighted by Crippen LogP contribution is -2.32. The predicted octanol–water partition coefficient (Wildman–Crippen LogP) is 3.53. The lowest BCUT2D eigenvalue weighted by molar-refractivity contribution is -0.118. The Labute approximate surface area is 186 Å². The van der Waals surface area contributed by atoms with Crippen LogP contribution in [-0.4, -0.2) is 39.7 Å². The van der Waals surface area contributed by atoms with Crippen molar-refractivity contribution in [1.82, 2.24) is 19.6 Å². The Morgan fingerprint density at radius 3 is 2.47 bits per heavy atom. The second-order valence-corrected chi connectivity index (χ2v) is 7.46. The van der Waals surface area contributed by atoms with E-state index in [4.69, 9.17) is 9.47 Å². The van der Waals surface area contributed by atoms with Gasteiger partial charge in [-0.1, -0.05) is 24.3 Å². The summed E-state index contributed by atoms with van der Waals surface area (Å²) in [7, 11) is 3.20. The molecule has 0 aliphatic carbocycles. The van der Waals surface area contributed by atoms with Gasteiger partial charge in [-0.2, -0.15) is 4.98 Å². The van der Waals surface area contributed by atoms with Crippen molar-refractivity contribution in [2.45, 2.75) is 26.8 Å². The third kappa shape index (κ3) is 4.39. The second kappa shape index (κ2) is 9.05. The molecule has 0 aliphatic rings. The third-order valence-corrected chi connectivity index (χ3v) is 5.15. The second-order valence-electron chi connectivity index (χ2n) is 7.46. The summed E-state index contributed by atoms with van der Waals surface area (Å²) in [6.45, 7) is 4.06. The fraction of sp³-hybridized carbons (Fsp3) is 0.250. The maximum absolute atomic E-state index is 13.4. The Bertz CT molecular complexity index is 1250. The van der Waals surface area contributed by atoms with Crippen molar-refractivity contribution in [2.24, 2.45) is 0 Å². The molecule has 8 nitrogen and oxygen atoms in total. The number of anilines is 1. The van der Waals surface area contributed by atoms with E-state index in [1.807, 2.05) is 68.4 Å². The van der Waals surface area contributed by atoms with Crippen LogP contribution in [0.3, 0.4) is 0 Å². The normalized spacial score (nSPS) is 10.9. The van der Waals surface area contributed by atoms with E-state index in [1.165, 1.54) is 0 Å². The van der Waals surface area contributed by atoms with Gasteiger partial charge in [0.15, 0.2) is 5.82 Å². The van der Waals surface area contributed by atoms with E-state index in [0.29, 0.717) is 23.0 Å². The number of hydrogen-bond acceptors (Lipinski definition) is 6. The van der Waals surface area contributed by atoms with E-state index in [2.05, 4.69) is 15.1 Å². The van der Waals surface area contributed by atoms with Crippen molar-refractivity contribution in [3.8, 4) is 11.5 Å². The van der Waals surface area contributed by atoms with Crippen LogP contribution < -0.4 is 14.4 Å². The van der Waals surface area contributed by atoms with Crippen LogP contribution in [-0.2, 0) is 17.8 Å². The van der Waals surface area contributed by atoms with E-state index in [0.717, 1.165) is 22.7 Å². The molecule has 4 aromatic rings. The van der Waals surface area contributed by atoms with Gasteiger partial charge in [-0.3, -0.25) is 4.79 Å². The minimum atomic E-state index is -0.0978. The van der Waals surface area contributed by atoms with Crippen molar-refractivity contribution >= 4 is 17.4 Å². The average molecular weight is 431 g/mol. The van der Waals surface area contributed by atoms with Gasteiger partial charge in [-0.25, -0.2) is 9.50 Å². The van der Waals surface area contributed by atoms with Crippen molar-refractivity contribution in [3.63, 3.8) is 0 Å². The van der Waals surface area contributed by atoms with E-state index in [1.54, 1.807) is 23.6 Å². The van der Waals surface area contributed by atoms with Gasteiger partial charge in [-0.05, 0) is 49.7 Å². The number of ether oxygens (including phenoxy) is 2. The number of benzene rings is 2. The fourth-order valence-corrected chi connectivity index (χ4v) is 3.59. The number of nitrogens with zero attached hydrogens (tertiary/aromatic N) is 5. The summed E-state index contributed by atoms with van der Waals surface area (Å²) < 4.78 is 12.4. The lowest BCUT2D eigenvalue weighted by atomic mass is 10.1. The number of rotatable bonds is 7. The zero-order valence-corrected chi connectivity index (χ0v) is 18.6. The van der Waals surface area contributed by atoms with Crippen LogP contribution in [0.15, 0.2) is 54.6 Å². The van der Waals surface area contributed by atoms with E-state index < -0.39 is 0 Å². The number of fused-ring (bicyclic) bond motifs is 1. The van der Waals surface area contributed by atoms with Crippen LogP contribution in [0.5, 0.6) is 11.5 Å². The Morgan fingerprint density at radius 2 is 1.75 bits per heavy atom. The molecule has 0 fully saturated rings. The molecule has 0 unspecified atom stereocenters. The lowest BCUT2D eigenvalue weighted by Gasteiger charge is -2.23. The summed E-state index contributed by atoms with van der Waals surface area (Å²) in [6.07, 6.45) is 0.214. The summed E-state index contributed by atoms with van der Waals surface area (Å²) in [4.78, 5) is 24.1. The van der Waals surface area contributed by atoms with E-state index in [9.17, 15) is 4.79 Å². The van der Waals surface area contributed by atoms with Crippen LogP contribution in [0.1, 0.15) is 22.8 Å². The van der Waals surface area contributed by atoms with E-state index >= 15 is 0 Å². The third-order valence-electron chi connectivity index (χ3n) is 5.15. The molecule has 2 aromatic heterocycles. The number of methoxy groups -OCH3 is 2. The van der Waals surface area contributed by atoms with Gasteiger partial charge in [0.05, 0.1) is 32.9 Å². The van der Waals surface area contributed by atoms with Gasteiger partial charge in [0.1, 0.15) is 11.5 Å². The highest BCUT2D eigenvalue weighted by Crippen LogP contribution is 2.29. The number of aromatic nitrogens is 4. The minimum Gasteiger partial charge on any atom is -0.497 e. The maximum atomic E-state index is 13.4. The molecule has 2 heterocycles. The van der Waals surface area contributed by atoms with Gasteiger partial charge < -0.3 is 14.4 Å². The summed E-state index contributed by atoms with van der Waals surface area (Å²) in [5.41, 5.74) is 3.34. The monoisotopic (exact) mass is 431 g/mol. The van der Waals surface area contributed by atoms with Gasteiger partial charge >= 0.3 is 0 Å². The summed E-state index contributed by atoms with van der Waals surface area (Å²) in [5.74, 6) is 2.26. The minimum absolute atomic E-state index is 0.0978. The Morgan fingerprint density at radius 1 is 1.00 bits per heavy atom. The van der Waals surface area contributed by atoms with Crippen LogP contribution in [0, 0.1) is 13.8 Å². The van der Waals surface area contributed by atoms with Gasteiger partial charge in [0.2, 0.25) is 5.91 Å². The van der Waals surface area contributed by atoms with Crippen molar-refractivity contribution in [3.05, 3.63) is 77.4 Å². The van der Waals surface area contributed by atoms with Crippen molar-refractivity contribution < 1.29 is 14.3 Å². The van der Waals surface area contributed by atoms with E-state index in [-0.39, 0.29) is 18.9 Å². The number of aryl methyl sites for hydroxylation is 2. The van der Waals surface area contributed by atoms with Gasteiger partial charge in [-0.15, -0.1) is 5.10 Å². The molecule has 4 rings (SSSR count). The Kier molecular flexibility index (Phi) is 6.02. The highest BCUT2D eigenvalue weighted by molar-refractivity contribution is 5.96. The summed E-state index contributed by atoms with van der Waals surface area (Å²) >= 11 is 0. The van der Waals surface area contributed by atoms with Crippen LogP contribution in [0.4, 0.5) is 5.69 Å². The number of hydrogen-bond donors (Lipinski definition) is 0. The van der Waals surface area contributed by atoms with Crippen LogP contribution in [0.25, 0.3) is 5.78 Å². The number of para-hydroxylation sites is 2. The first-order valence-corrected chi connectivity index (χ1v) is 10.2. The maximum Gasteiger partial charge on any atom is 0.252 e. The topological polar surface area (TPSA) is 81.9 Å². The first kappa shape index (κ1) is 21.3. The van der Waals surface area contributed by atoms with Crippen molar-refractivity contribution in [2.75, 3.05) is 19.1 Å². The first-order valence-electron chi connectivity index (χ1n) is 10.2. The zero-order valence-electron chi connectivity index (χ0n) is 18.6. The largest absolute Gasteiger partial charge is 0.497 e. The average Bonchev–Trinajstić information content (AvgIpc) is 3.21. The first-order chi connectivity index (χ1) is 15.5. The molecule has 0 N–H and O–H groups in total. The molecule has 0 atom stereocenters. The number of carbonyl (C=O) groups is 1. The standard InChI is InChI=1S/C24H25N5O3/c1-16-13-17(2)29-24(25-16)26-22(27-29)15-28(20-7-5-6-8-21(20)32-4)23(30)14-18-9-11-19(31-3)12-10-18/h5-13H,14-15H2,1-4H3. The highest BCUT2D eigenvalue weighted by atomic mass is 16.5. The van der Waals surface area contributed by atoms with Crippen molar-refractivity contribution in [1.29, 1.82) is 0 Å². The van der Waals surface area contributed by atoms with Gasteiger partial charge in [0, 0.05) is 11.4 Å². The molecular formula is C24H25N5O3.